The smallest absolute Gasteiger partial charge is 0.213 e. The zero-order valence-corrected chi connectivity index (χ0v) is 24.5. The summed E-state index contributed by atoms with van der Waals surface area (Å²) in [6, 6.07) is 20.3. The molecule has 0 aliphatic heterocycles. The maximum atomic E-state index is 14.2. The highest BCUT2D eigenvalue weighted by atomic mass is 35.5. The van der Waals surface area contributed by atoms with Gasteiger partial charge < -0.3 is 14.4 Å². The molecule has 1 spiro atoms. The van der Waals surface area contributed by atoms with E-state index in [2.05, 4.69) is 28.3 Å². The number of aliphatic hydroxyl groups excluding tert-OH is 1. The van der Waals surface area contributed by atoms with Crippen molar-refractivity contribution in [3.8, 4) is 5.88 Å². The van der Waals surface area contributed by atoms with E-state index in [4.69, 9.17) is 26.3 Å². The lowest BCUT2D eigenvalue weighted by Crippen LogP contribution is -2.18. The fraction of sp³-hybridized carbons (Fsp3) is 0.286. The zero-order valence-electron chi connectivity index (χ0n) is 23.7. The number of aliphatic hydroxyl groups is 1. The molecule has 218 valence electrons. The molecule has 6 nitrogen and oxygen atoms in total. The molecule has 43 heavy (non-hydrogen) atoms. The largest absolute Gasteiger partial charge is 0.508 e. The maximum absolute atomic E-state index is 14.2. The zero-order chi connectivity index (χ0) is 29.6. The van der Waals surface area contributed by atoms with Crippen molar-refractivity contribution in [1.29, 1.82) is 0 Å². The number of aromatic nitrogens is 4. The average Bonchev–Trinajstić information content (AvgIpc) is 3.59. The van der Waals surface area contributed by atoms with Crippen LogP contribution >= 0.6 is 11.6 Å². The summed E-state index contributed by atoms with van der Waals surface area (Å²) in [6.45, 7) is 4.49. The van der Waals surface area contributed by atoms with Gasteiger partial charge >= 0.3 is 0 Å². The first-order valence-corrected chi connectivity index (χ1v) is 15.1. The van der Waals surface area contributed by atoms with E-state index in [0.29, 0.717) is 40.4 Å². The Morgan fingerprint density at radius 1 is 1.07 bits per heavy atom. The second-order valence-electron chi connectivity index (χ2n) is 11.9. The highest BCUT2D eigenvalue weighted by Gasteiger charge is 2.57. The van der Waals surface area contributed by atoms with Crippen LogP contribution in [0.1, 0.15) is 72.1 Å². The van der Waals surface area contributed by atoms with Crippen LogP contribution in [0.25, 0.3) is 16.8 Å². The van der Waals surface area contributed by atoms with Crippen molar-refractivity contribution < 1.29 is 14.2 Å². The van der Waals surface area contributed by atoms with E-state index in [1.807, 2.05) is 42.6 Å². The monoisotopic (exact) mass is 594 g/mol. The predicted octanol–water partition coefficient (Wildman–Crippen LogP) is 8.61. The number of nitrogens with zero attached hydrogens (tertiary/aromatic N) is 4. The minimum atomic E-state index is -0.381. The van der Waals surface area contributed by atoms with Gasteiger partial charge in [0.15, 0.2) is 0 Å². The van der Waals surface area contributed by atoms with Gasteiger partial charge in [-0.2, -0.15) is 0 Å². The predicted molar refractivity (Wildman–Crippen MR) is 166 cm³/mol. The Morgan fingerprint density at radius 3 is 2.70 bits per heavy atom. The second kappa shape index (κ2) is 11.1. The molecule has 0 radical (unpaired) electrons. The van der Waals surface area contributed by atoms with Crippen LogP contribution in [-0.4, -0.2) is 24.6 Å². The van der Waals surface area contributed by atoms with E-state index in [0.717, 1.165) is 60.2 Å². The van der Waals surface area contributed by atoms with E-state index in [9.17, 15) is 9.50 Å². The van der Waals surface area contributed by atoms with Crippen molar-refractivity contribution in [3.63, 3.8) is 0 Å². The second-order valence-corrected chi connectivity index (χ2v) is 12.3. The van der Waals surface area contributed by atoms with Gasteiger partial charge in [-0.3, -0.25) is 4.98 Å². The molecule has 1 N–H and O–H groups in total. The summed E-state index contributed by atoms with van der Waals surface area (Å²) in [7, 11) is 0. The third-order valence-corrected chi connectivity index (χ3v) is 9.45. The van der Waals surface area contributed by atoms with Crippen molar-refractivity contribution >= 4 is 28.4 Å². The van der Waals surface area contributed by atoms with Gasteiger partial charge in [-0.05, 0) is 85.5 Å². The lowest BCUT2D eigenvalue weighted by Gasteiger charge is -2.29. The molecule has 0 amide bonds. The number of fused-ring (bicyclic) bond motifs is 1. The number of hydrogen-bond donors (Lipinski definition) is 1. The Bertz CT molecular complexity index is 1810. The third-order valence-electron chi connectivity index (χ3n) is 9.21. The Balaban J connectivity index is 1.07. The summed E-state index contributed by atoms with van der Waals surface area (Å²) in [5.74, 6) is 2.03. The van der Waals surface area contributed by atoms with Crippen LogP contribution < -0.4 is 4.74 Å². The summed E-state index contributed by atoms with van der Waals surface area (Å²) in [5.41, 5.74) is 5.47. The standard InChI is InChI=1S/C35H32ClFN4O2/c1-22(42)25-8-10-31-32(16-25)41(20-23-4-3-15-38-19-23)34(40-31)28-18-35(28)13-11-24(12-14-35)30-5-2-6-33(39-30)43-21-26-7-9-27(36)17-29(26)37/h2-10,15-17,19,24,28,42H,1,11-14,18,20-21H2. The molecule has 2 aliphatic carbocycles. The molecule has 0 saturated heterocycles. The van der Waals surface area contributed by atoms with Crippen LogP contribution in [0.4, 0.5) is 4.39 Å². The number of hydrogen-bond acceptors (Lipinski definition) is 5. The van der Waals surface area contributed by atoms with Crippen LogP contribution in [0.15, 0.2) is 85.7 Å². The maximum Gasteiger partial charge on any atom is 0.213 e. The average molecular weight is 595 g/mol. The normalized spacial score (nSPS) is 21.3. The molecular formula is C35H32ClFN4O2. The molecule has 2 saturated carbocycles. The van der Waals surface area contributed by atoms with Crippen LogP contribution in [0.5, 0.6) is 5.88 Å². The Labute approximate surface area is 254 Å². The number of pyridine rings is 2. The molecule has 0 bridgehead atoms. The van der Waals surface area contributed by atoms with Gasteiger partial charge in [0.1, 0.15) is 24.0 Å². The van der Waals surface area contributed by atoms with Crippen LogP contribution in [0.3, 0.4) is 0 Å². The van der Waals surface area contributed by atoms with Crippen LogP contribution in [-0.2, 0) is 13.2 Å². The first-order valence-electron chi connectivity index (χ1n) is 14.7. The van der Waals surface area contributed by atoms with Crippen molar-refractivity contribution in [2.75, 3.05) is 0 Å². The van der Waals surface area contributed by atoms with Crippen molar-refractivity contribution in [1.82, 2.24) is 19.5 Å². The molecular weight excluding hydrogens is 563 g/mol. The summed E-state index contributed by atoms with van der Waals surface area (Å²) in [6.07, 6.45) is 9.13. The molecule has 2 fully saturated rings. The van der Waals surface area contributed by atoms with Gasteiger partial charge in [0, 0.05) is 52.1 Å². The Hall–Kier alpha value is -4.23. The molecule has 5 aromatic rings. The number of benzene rings is 2. The molecule has 2 aliphatic rings. The lowest BCUT2D eigenvalue weighted by atomic mass is 9.77. The van der Waals surface area contributed by atoms with E-state index in [1.54, 1.807) is 18.3 Å². The van der Waals surface area contributed by atoms with E-state index in [1.165, 1.54) is 6.07 Å². The minimum absolute atomic E-state index is 0.0546. The van der Waals surface area contributed by atoms with Crippen LogP contribution in [0, 0.1) is 11.2 Å². The summed E-state index contributed by atoms with van der Waals surface area (Å²) in [4.78, 5) is 14.2. The van der Waals surface area contributed by atoms with E-state index >= 15 is 0 Å². The summed E-state index contributed by atoms with van der Waals surface area (Å²) in [5, 5.41) is 10.4. The molecule has 1 unspecified atom stereocenters. The van der Waals surface area contributed by atoms with Crippen molar-refractivity contribution in [2.45, 2.75) is 57.1 Å². The molecule has 3 heterocycles. The van der Waals surface area contributed by atoms with Gasteiger partial charge in [-0.15, -0.1) is 0 Å². The highest BCUT2D eigenvalue weighted by Crippen LogP contribution is 2.67. The Kier molecular flexibility index (Phi) is 7.14. The first-order chi connectivity index (χ1) is 20.9. The van der Waals surface area contributed by atoms with E-state index < -0.39 is 0 Å². The Morgan fingerprint density at radius 2 is 1.93 bits per heavy atom. The highest BCUT2D eigenvalue weighted by molar-refractivity contribution is 6.30. The fourth-order valence-electron chi connectivity index (χ4n) is 6.71. The van der Waals surface area contributed by atoms with Crippen molar-refractivity contribution in [2.24, 2.45) is 5.41 Å². The van der Waals surface area contributed by atoms with E-state index in [-0.39, 0.29) is 23.6 Å². The SMILES string of the molecule is C=C(O)c1ccc2nc(C3CC34CCC(c3cccc(OCc5ccc(Cl)cc5F)n3)CC4)n(Cc3cccnc3)c2c1. The fourth-order valence-corrected chi connectivity index (χ4v) is 6.87. The molecule has 3 aromatic heterocycles. The third kappa shape index (κ3) is 5.50. The van der Waals surface area contributed by atoms with Gasteiger partial charge in [0.05, 0.1) is 17.6 Å². The topological polar surface area (TPSA) is 73.1 Å². The minimum Gasteiger partial charge on any atom is -0.508 e. The molecule has 7 rings (SSSR count). The van der Waals surface area contributed by atoms with Crippen LogP contribution in [0.2, 0.25) is 5.02 Å². The first kappa shape index (κ1) is 27.6. The quantitative estimate of drug-likeness (QED) is 0.182. The number of imidazole rings is 1. The number of ether oxygens (including phenoxy) is 1. The summed E-state index contributed by atoms with van der Waals surface area (Å²) >= 11 is 5.87. The van der Waals surface area contributed by atoms with Gasteiger partial charge in [0.25, 0.3) is 0 Å². The molecule has 2 aromatic carbocycles. The van der Waals surface area contributed by atoms with Crippen molar-refractivity contribution in [3.05, 3.63) is 125 Å². The van der Waals surface area contributed by atoms with Gasteiger partial charge in [0.2, 0.25) is 5.88 Å². The molecule has 8 heteroatoms. The number of halogens is 2. The number of rotatable bonds is 8. The van der Waals surface area contributed by atoms with Gasteiger partial charge in [-0.1, -0.05) is 36.4 Å². The van der Waals surface area contributed by atoms with Gasteiger partial charge in [-0.25, -0.2) is 14.4 Å². The lowest BCUT2D eigenvalue weighted by molar-refractivity contribution is 0.276. The summed E-state index contributed by atoms with van der Waals surface area (Å²) < 4.78 is 22.4. The molecule has 1 atom stereocenters.